The Morgan fingerprint density at radius 3 is 2.38 bits per heavy atom. The van der Waals surface area contributed by atoms with Gasteiger partial charge in [0.05, 0.1) is 5.60 Å². The summed E-state index contributed by atoms with van der Waals surface area (Å²) in [4.78, 5) is 0. The molecule has 1 rings (SSSR count). The van der Waals surface area contributed by atoms with E-state index in [4.69, 9.17) is 4.74 Å². The third kappa shape index (κ3) is 3.57. The van der Waals surface area contributed by atoms with Gasteiger partial charge in [-0.2, -0.15) is 0 Å². The lowest BCUT2D eigenvalue weighted by Gasteiger charge is -2.23. The third-order valence-corrected chi connectivity index (χ3v) is 1.92. The van der Waals surface area contributed by atoms with Crippen molar-refractivity contribution in [2.75, 3.05) is 6.79 Å². The highest BCUT2D eigenvalue weighted by atomic mass is 16.6. The normalized spacial score (nSPS) is 11.6. The molecular weight excluding hydrogens is 164 g/mol. The van der Waals surface area contributed by atoms with Gasteiger partial charge in [-0.1, -0.05) is 30.3 Å². The van der Waals surface area contributed by atoms with Crippen LogP contribution in [0.4, 0.5) is 0 Å². The molecule has 13 heavy (non-hydrogen) atoms. The molecule has 71 valence electrons. The molecule has 0 aliphatic carbocycles. The zero-order valence-electron chi connectivity index (χ0n) is 8.12. The Bertz CT molecular complexity index is 242. The van der Waals surface area contributed by atoms with Crippen molar-refractivity contribution in [2.45, 2.75) is 25.9 Å². The predicted octanol–water partition coefficient (Wildman–Crippen LogP) is 2.41. The summed E-state index contributed by atoms with van der Waals surface area (Å²) in [5.41, 5.74) is 0.837. The smallest absolute Gasteiger partial charge is 0.181 e. The van der Waals surface area contributed by atoms with Crippen molar-refractivity contribution in [3.05, 3.63) is 35.9 Å². The molecule has 0 heterocycles. The van der Waals surface area contributed by atoms with Gasteiger partial charge in [0.25, 0.3) is 0 Å². The van der Waals surface area contributed by atoms with Gasteiger partial charge in [0.15, 0.2) is 6.79 Å². The second-order valence-electron chi connectivity index (χ2n) is 3.68. The molecule has 0 aliphatic rings. The molecule has 1 aromatic rings. The molecular formula is C11H15O2. The number of ether oxygens (including phenoxy) is 1. The van der Waals surface area contributed by atoms with Crippen LogP contribution in [0.5, 0.6) is 0 Å². The summed E-state index contributed by atoms with van der Waals surface area (Å²) in [7, 11) is 0. The van der Waals surface area contributed by atoms with Crippen molar-refractivity contribution in [3.8, 4) is 0 Å². The van der Waals surface area contributed by atoms with Gasteiger partial charge in [-0.25, -0.2) is 5.11 Å². The molecule has 1 radical (unpaired) electrons. The first-order valence-corrected chi connectivity index (χ1v) is 4.40. The van der Waals surface area contributed by atoms with Crippen molar-refractivity contribution in [3.63, 3.8) is 0 Å². The number of hydrogen-bond donors (Lipinski definition) is 0. The van der Waals surface area contributed by atoms with Gasteiger partial charge < -0.3 is 4.74 Å². The first-order valence-electron chi connectivity index (χ1n) is 4.40. The molecule has 2 nitrogen and oxygen atoms in total. The fourth-order valence-electron chi connectivity index (χ4n) is 1.30. The Balaban J connectivity index is 2.58. The van der Waals surface area contributed by atoms with Gasteiger partial charge in [0.2, 0.25) is 0 Å². The van der Waals surface area contributed by atoms with Crippen molar-refractivity contribution in [1.82, 2.24) is 0 Å². The lowest BCUT2D eigenvalue weighted by molar-refractivity contribution is -0.124. The van der Waals surface area contributed by atoms with E-state index < -0.39 is 6.79 Å². The Morgan fingerprint density at radius 1 is 1.23 bits per heavy atom. The monoisotopic (exact) mass is 179 g/mol. The molecule has 2 heteroatoms. The highest BCUT2D eigenvalue weighted by Crippen LogP contribution is 2.16. The molecule has 0 saturated carbocycles. The van der Waals surface area contributed by atoms with E-state index >= 15 is 0 Å². The average Bonchev–Trinajstić information content (AvgIpc) is 2.04. The molecule has 0 saturated heterocycles. The molecule has 1 aromatic carbocycles. The minimum atomic E-state index is -0.472. The van der Waals surface area contributed by atoms with E-state index in [1.165, 1.54) is 5.56 Å². The summed E-state index contributed by atoms with van der Waals surface area (Å²) < 4.78 is 5.08. The van der Waals surface area contributed by atoms with Gasteiger partial charge in [0.1, 0.15) is 0 Å². The first kappa shape index (κ1) is 10.2. The topological polar surface area (TPSA) is 29.1 Å². The summed E-state index contributed by atoms with van der Waals surface area (Å²) in [6.07, 6.45) is 0.774. The second kappa shape index (κ2) is 4.40. The summed E-state index contributed by atoms with van der Waals surface area (Å²) in [5, 5.41) is 10.3. The highest BCUT2D eigenvalue weighted by Gasteiger charge is 2.18. The molecule has 0 unspecified atom stereocenters. The van der Waals surface area contributed by atoms with Crippen molar-refractivity contribution in [1.29, 1.82) is 0 Å². The minimum absolute atomic E-state index is 0.358. The van der Waals surface area contributed by atoms with Crippen molar-refractivity contribution in [2.24, 2.45) is 0 Å². The van der Waals surface area contributed by atoms with Crippen LogP contribution in [0.3, 0.4) is 0 Å². The number of rotatable bonds is 4. The van der Waals surface area contributed by atoms with E-state index in [0.29, 0.717) is 0 Å². The SMILES string of the molecule is CC(C)(Cc1ccccc1)OC[O]. The van der Waals surface area contributed by atoms with Crippen LogP contribution in [0.25, 0.3) is 0 Å². The molecule has 0 fully saturated rings. The Kier molecular flexibility index (Phi) is 3.46. The van der Waals surface area contributed by atoms with Crippen LogP contribution >= 0.6 is 0 Å². The van der Waals surface area contributed by atoms with Crippen LogP contribution in [0.2, 0.25) is 0 Å². The zero-order chi connectivity index (χ0) is 9.73. The van der Waals surface area contributed by atoms with Crippen LogP contribution in [0.1, 0.15) is 19.4 Å². The predicted molar refractivity (Wildman–Crippen MR) is 50.9 cm³/mol. The fourth-order valence-corrected chi connectivity index (χ4v) is 1.30. The average molecular weight is 179 g/mol. The summed E-state index contributed by atoms with van der Waals surface area (Å²) in [6, 6.07) is 10.0. The van der Waals surface area contributed by atoms with E-state index in [-0.39, 0.29) is 5.60 Å². The standard InChI is InChI=1S/C11H15O2/c1-11(2,13-9-12)8-10-6-4-3-5-7-10/h3-7H,8-9H2,1-2H3. The van der Waals surface area contributed by atoms with Crippen molar-refractivity contribution >= 4 is 0 Å². The summed E-state index contributed by atoms with van der Waals surface area (Å²) >= 11 is 0. The van der Waals surface area contributed by atoms with Crippen LogP contribution in [-0.4, -0.2) is 12.4 Å². The molecule has 0 bridgehead atoms. The van der Waals surface area contributed by atoms with E-state index in [2.05, 4.69) is 0 Å². The van der Waals surface area contributed by atoms with E-state index in [1.54, 1.807) is 0 Å². The Hall–Kier alpha value is -0.860. The van der Waals surface area contributed by atoms with Gasteiger partial charge in [-0.05, 0) is 19.4 Å². The maximum atomic E-state index is 10.3. The molecule has 0 amide bonds. The Morgan fingerprint density at radius 2 is 1.85 bits per heavy atom. The fraction of sp³-hybridized carbons (Fsp3) is 0.455. The zero-order valence-corrected chi connectivity index (χ0v) is 8.12. The van der Waals surface area contributed by atoms with E-state index in [9.17, 15) is 5.11 Å². The third-order valence-electron chi connectivity index (χ3n) is 1.92. The lowest BCUT2D eigenvalue weighted by Crippen LogP contribution is -2.27. The van der Waals surface area contributed by atoms with Crippen LogP contribution in [0, 0.1) is 0 Å². The van der Waals surface area contributed by atoms with Crippen LogP contribution < -0.4 is 0 Å². The maximum absolute atomic E-state index is 10.3. The minimum Gasteiger partial charge on any atom is -0.346 e. The molecule has 0 N–H and O–H groups in total. The molecule has 0 aliphatic heterocycles. The quantitative estimate of drug-likeness (QED) is 0.652. The van der Waals surface area contributed by atoms with Gasteiger partial charge in [-0.15, -0.1) is 0 Å². The summed E-state index contributed by atoms with van der Waals surface area (Å²) in [6.45, 7) is 3.38. The van der Waals surface area contributed by atoms with E-state index in [1.807, 2.05) is 44.2 Å². The van der Waals surface area contributed by atoms with Gasteiger partial charge >= 0.3 is 0 Å². The van der Waals surface area contributed by atoms with Crippen LogP contribution in [0.15, 0.2) is 30.3 Å². The largest absolute Gasteiger partial charge is 0.346 e. The number of benzene rings is 1. The van der Waals surface area contributed by atoms with Gasteiger partial charge in [0, 0.05) is 6.42 Å². The molecule has 0 spiro atoms. The maximum Gasteiger partial charge on any atom is 0.181 e. The summed E-state index contributed by atoms with van der Waals surface area (Å²) in [5.74, 6) is 0. The molecule has 0 atom stereocenters. The number of hydrogen-bond acceptors (Lipinski definition) is 1. The second-order valence-corrected chi connectivity index (χ2v) is 3.68. The first-order chi connectivity index (χ1) is 6.14. The molecule has 0 aromatic heterocycles. The highest BCUT2D eigenvalue weighted by molar-refractivity contribution is 5.16. The Labute approximate surface area is 79.2 Å². The van der Waals surface area contributed by atoms with E-state index in [0.717, 1.165) is 6.42 Å². The lowest BCUT2D eigenvalue weighted by atomic mass is 9.99. The van der Waals surface area contributed by atoms with Crippen LogP contribution in [-0.2, 0) is 16.3 Å². The van der Waals surface area contributed by atoms with Gasteiger partial charge in [-0.3, -0.25) is 0 Å². The van der Waals surface area contributed by atoms with Crippen molar-refractivity contribution < 1.29 is 9.84 Å².